The van der Waals surface area contributed by atoms with E-state index >= 15 is 0 Å². The lowest BCUT2D eigenvalue weighted by atomic mass is 10.3. The van der Waals surface area contributed by atoms with Crippen molar-refractivity contribution in [2.24, 2.45) is 0 Å². The fourth-order valence-electron chi connectivity index (χ4n) is 1.89. The maximum absolute atomic E-state index is 10.9. The Hall–Kier alpha value is -2.53. The van der Waals surface area contributed by atoms with Crippen LogP contribution in [0.15, 0.2) is 47.3 Å². The Kier molecular flexibility index (Phi) is 6.41. The molecule has 3 rings (SSSR count). The summed E-state index contributed by atoms with van der Waals surface area (Å²) in [6, 6.07) is 13.2. The maximum Gasteiger partial charge on any atom is 0.194 e. The van der Waals surface area contributed by atoms with Gasteiger partial charge in [0.25, 0.3) is 0 Å². The van der Waals surface area contributed by atoms with Gasteiger partial charge in [-0.05, 0) is 38.1 Å². The summed E-state index contributed by atoms with van der Waals surface area (Å²) in [5.74, 6) is 1.56. The Morgan fingerprint density at radius 3 is 2.14 bits per heavy atom. The summed E-state index contributed by atoms with van der Waals surface area (Å²) in [5.41, 5.74) is 6.26. The van der Waals surface area contributed by atoms with E-state index in [0.29, 0.717) is 18.0 Å². The molecule has 3 aromatic carbocycles. The van der Waals surface area contributed by atoms with Crippen molar-refractivity contribution in [3.05, 3.63) is 52.7 Å². The van der Waals surface area contributed by atoms with Crippen LogP contribution in [0, 0.1) is 0 Å². The lowest BCUT2D eigenvalue weighted by Crippen LogP contribution is -1.95. The van der Waals surface area contributed by atoms with Crippen LogP contribution in [-0.2, 0) is 0 Å². The fourth-order valence-corrected chi connectivity index (χ4v) is 1.89. The molecule has 5 heteroatoms. The van der Waals surface area contributed by atoms with Gasteiger partial charge in [0.15, 0.2) is 5.43 Å². The first-order valence-electron chi connectivity index (χ1n) is 6.96. The molecule has 0 aliphatic heterocycles. The average molecular weight is 302 g/mol. The van der Waals surface area contributed by atoms with Crippen molar-refractivity contribution in [2.75, 3.05) is 18.9 Å². The third-order valence-corrected chi connectivity index (χ3v) is 2.93. The van der Waals surface area contributed by atoms with Gasteiger partial charge in [0, 0.05) is 10.8 Å². The summed E-state index contributed by atoms with van der Waals surface area (Å²) in [5, 5.41) is 1.48. The molecule has 3 aromatic rings. The molecule has 0 amide bonds. The first-order valence-corrected chi connectivity index (χ1v) is 6.96. The first-order chi connectivity index (χ1) is 10.2. The molecule has 0 radical (unpaired) electrons. The van der Waals surface area contributed by atoms with Crippen LogP contribution in [0.1, 0.15) is 13.8 Å². The molecule has 0 bridgehead atoms. The Morgan fingerprint density at radius 2 is 1.55 bits per heavy atom. The van der Waals surface area contributed by atoms with Crippen LogP contribution in [0.4, 0.5) is 5.69 Å². The summed E-state index contributed by atoms with van der Waals surface area (Å²) in [6.45, 7) is 5.17. The SMILES string of the molecule is CCOc1cc2c(=O)c2cc1N.CCOc1ccccc1.N. The van der Waals surface area contributed by atoms with Gasteiger partial charge in [-0.15, -0.1) is 0 Å². The van der Waals surface area contributed by atoms with Crippen molar-refractivity contribution in [1.29, 1.82) is 0 Å². The van der Waals surface area contributed by atoms with Crippen molar-refractivity contribution in [2.45, 2.75) is 13.8 Å². The summed E-state index contributed by atoms with van der Waals surface area (Å²) < 4.78 is 10.4. The largest absolute Gasteiger partial charge is 0.494 e. The maximum atomic E-state index is 10.9. The molecular formula is C17H22N2O3. The number of ether oxygens (including phenoxy) is 2. The number of rotatable bonds is 4. The summed E-state index contributed by atoms with van der Waals surface area (Å²) in [4.78, 5) is 10.9. The molecule has 5 nitrogen and oxygen atoms in total. The minimum atomic E-state index is 0. The second-order valence-corrected chi connectivity index (χ2v) is 4.44. The molecule has 0 unspecified atom stereocenters. The molecule has 118 valence electrons. The number of nitrogens with two attached hydrogens (primary N) is 1. The van der Waals surface area contributed by atoms with E-state index in [-0.39, 0.29) is 11.6 Å². The lowest BCUT2D eigenvalue weighted by molar-refractivity contribution is 0.340. The number of benzene rings is 2. The van der Waals surface area contributed by atoms with Crippen molar-refractivity contribution in [3.8, 4) is 11.5 Å². The highest BCUT2D eigenvalue weighted by atomic mass is 16.5. The zero-order chi connectivity index (χ0) is 15.2. The van der Waals surface area contributed by atoms with Gasteiger partial charge in [0.05, 0.1) is 18.9 Å². The highest BCUT2D eigenvalue weighted by molar-refractivity contribution is 6.00. The van der Waals surface area contributed by atoms with E-state index in [0.717, 1.165) is 23.1 Å². The predicted octanol–water partition coefficient (Wildman–Crippen LogP) is 3.30. The minimum Gasteiger partial charge on any atom is -0.494 e. The molecule has 0 aliphatic rings. The number of anilines is 1. The van der Waals surface area contributed by atoms with E-state index in [1.54, 1.807) is 12.1 Å². The van der Waals surface area contributed by atoms with Gasteiger partial charge >= 0.3 is 0 Å². The monoisotopic (exact) mass is 302 g/mol. The molecule has 0 saturated carbocycles. The molecule has 0 saturated heterocycles. The zero-order valence-corrected chi connectivity index (χ0v) is 13.0. The molecule has 0 aliphatic carbocycles. The van der Waals surface area contributed by atoms with Crippen LogP contribution in [-0.4, -0.2) is 13.2 Å². The smallest absolute Gasteiger partial charge is 0.194 e. The summed E-state index contributed by atoms with van der Waals surface area (Å²) in [6.07, 6.45) is 0. The van der Waals surface area contributed by atoms with Gasteiger partial charge in [0.2, 0.25) is 0 Å². The van der Waals surface area contributed by atoms with E-state index in [1.807, 2.05) is 44.2 Å². The van der Waals surface area contributed by atoms with E-state index in [2.05, 4.69) is 0 Å². The second-order valence-electron chi connectivity index (χ2n) is 4.44. The van der Waals surface area contributed by atoms with Crippen molar-refractivity contribution < 1.29 is 9.47 Å². The summed E-state index contributed by atoms with van der Waals surface area (Å²) >= 11 is 0. The van der Waals surface area contributed by atoms with E-state index < -0.39 is 0 Å². The van der Waals surface area contributed by atoms with Gasteiger partial charge in [-0.2, -0.15) is 0 Å². The standard InChI is InChI=1S/C9H9NO2.C8H10O.H3N/c1-2-12-8-4-6-5(9(6)11)3-7(8)10;1-2-9-8-6-4-3-5-7-8;/h3-4H,2,10H2,1H3;3-7H,2H2,1H3;1H3. The molecule has 22 heavy (non-hydrogen) atoms. The second kappa shape index (κ2) is 8.05. The van der Waals surface area contributed by atoms with Crippen LogP contribution in [0.5, 0.6) is 11.5 Å². The van der Waals surface area contributed by atoms with Gasteiger partial charge < -0.3 is 21.4 Å². The van der Waals surface area contributed by atoms with Gasteiger partial charge in [0.1, 0.15) is 11.5 Å². The van der Waals surface area contributed by atoms with Crippen molar-refractivity contribution >= 4 is 16.5 Å². The predicted molar refractivity (Wildman–Crippen MR) is 90.8 cm³/mol. The van der Waals surface area contributed by atoms with E-state index in [4.69, 9.17) is 15.2 Å². The topological polar surface area (TPSA) is 96.5 Å². The van der Waals surface area contributed by atoms with Crippen LogP contribution in [0.2, 0.25) is 0 Å². The number of para-hydroxylation sites is 1. The van der Waals surface area contributed by atoms with Crippen LogP contribution >= 0.6 is 0 Å². The normalized spacial score (nSPS) is 9.73. The number of hydrogen-bond donors (Lipinski definition) is 2. The summed E-state index contributed by atoms with van der Waals surface area (Å²) in [7, 11) is 0. The van der Waals surface area contributed by atoms with Crippen LogP contribution in [0.25, 0.3) is 10.8 Å². The van der Waals surface area contributed by atoms with Gasteiger partial charge in [-0.1, -0.05) is 18.2 Å². The van der Waals surface area contributed by atoms with E-state index in [1.165, 1.54) is 0 Å². The van der Waals surface area contributed by atoms with E-state index in [9.17, 15) is 4.79 Å². The average Bonchev–Trinajstić information content (AvgIpc) is 3.11. The molecule has 0 fully saturated rings. The fraction of sp³-hybridized carbons (Fsp3) is 0.235. The number of nitrogen functional groups attached to an aromatic ring is 1. The molecule has 0 spiro atoms. The number of fused-ring (bicyclic) bond motifs is 1. The highest BCUT2D eigenvalue weighted by Crippen LogP contribution is 2.28. The van der Waals surface area contributed by atoms with Crippen LogP contribution < -0.4 is 26.8 Å². The van der Waals surface area contributed by atoms with Gasteiger partial charge in [-0.25, -0.2) is 0 Å². The first kappa shape index (κ1) is 17.5. The number of hydrogen-bond acceptors (Lipinski definition) is 5. The quantitative estimate of drug-likeness (QED) is 0.721. The zero-order valence-electron chi connectivity index (χ0n) is 13.0. The Labute approximate surface area is 129 Å². The van der Waals surface area contributed by atoms with Crippen molar-refractivity contribution in [1.82, 2.24) is 6.15 Å². The molecule has 5 N–H and O–H groups in total. The molecule has 0 heterocycles. The Balaban J connectivity index is 0.000000219. The Morgan fingerprint density at radius 1 is 0.955 bits per heavy atom. The molecule has 0 atom stereocenters. The molecule has 0 aromatic heterocycles. The van der Waals surface area contributed by atoms with Crippen molar-refractivity contribution in [3.63, 3.8) is 0 Å². The third-order valence-electron chi connectivity index (χ3n) is 2.93. The highest BCUT2D eigenvalue weighted by Gasteiger charge is 2.15. The Bertz CT molecular complexity index is 716. The van der Waals surface area contributed by atoms with Gasteiger partial charge in [-0.3, -0.25) is 4.79 Å². The van der Waals surface area contributed by atoms with Crippen LogP contribution in [0.3, 0.4) is 0 Å². The third kappa shape index (κ3) is 4.23. The minimum absolute atomic E-state index is 0. The lowest BCUT2D eigenvalue weighted by Gasteiger charge is -2.03. The molecular weight excluding hydrogens is 280 g/mol.